The maximum absolute atomic E-state index is 11.9. The Morgan fingerprint density at radius 3 is 2.48 bits per heavy atom. The molecule has 0 unspecified atom stereocenters. The Hall–Kier alpha value is -2.37. The van der Waals surface area contributed by atoms with Gasteiger partial charge in [-0.2, -0.15) is 0 Å². The number of carbonyl (C=O) groups excluding carboxylic acids is 3. The van der Waals surface area contributed by atoms with Crippen molar-refractivity contribution in [2.75, 3.05) is 18.5 Å². The molecule has 0 aliphatic carbocycles. The first-order valence-corrected chi connectivity index (χ1v) is 7.59. The topological polar surface area (TPSA) is 84.5 Å². The molecular formula is C17H24N2O4. The Labute approximate surface area is 136 Å². The molecule has 0 aliphatic rings. The molecule has 0 fully saturated rings. The average molecular weight is 320 g/mol. The molecule has 0 saturated carbocycles. The van der Waals surface area contributed by atoms with Crippen LogP contribution in [0, 0.1) is 5.41 Å². The van der Waals surface area contributed by atoms with Gasteiger partial charge in [-0.25, -0.2) is 4.79 Å². The second-order valence-corrected chi connectivity index (χ2v) is 6.11. The first-order valence-electron chi connectivity index (χ1n) is 7.59. The summed E-state index contributed by atoms with van der Waals surface area (Å²) in [5.41, 5.74) is 0.415. The number of ether oxygens (including phenoxy) is 1. The summed E-state index contributed by atoms with van der Waals surface area (Å²) in [6.07, 6.45) is 0.158. The highest BCUT2D eigenvalue weighted by molar-refractivity contribution is 5.94. The van der Waals surface area contributed by atoms with E-state index in [9.17, 15) is 14.4 Å². The van der Waals surface area contributed by atoms with Crippen molar-refractivity contribution < 1.29 is 19.1 Å². The van der Waals surface area contributed by atoms with Crippen molar-refractivity contribution >= 4 is 23.5 Å². The van der Waals surface area contributed by atoms with E-state index in [1.54, 1.807) is 31.2 Å². The molecule has 0 heterocycles. The molecule has 0 radical (unpaired) electrons. The van der Waals surface area contributed by atoms with Gasteiger partial charge in [-0.1, -0.05) is 26.8 Å². The molecule has 6 nitrogen and oxygen atoms in total. The highest BCUT2D eigenvalue weighted by Gasteiger charge is 2.20. The maximum Gasteiger partial charge on any atom is 0.338 e. The number of nitrogens with one attached hydrogen (secondary N) is 2. The fraction of sp³-hybridized carbons (Fsp3) is 0.471. The Morgan fingerprint density at radius 1 is 1.17 bits per heavy atom. The van der Waals surface area contributed by atoms with Gasteiger partial charge < -0.3 is 15.4 Å². The summed E-state index contributed by atoms with van der Waals surface area (Å²) in [6, 6.07) is 6.54. The van der Waals surface area contributed by atoms with Crippen LogP contribution in [-0.2, 0) is 14.3 Å². The fourth-order valence-electron chi connectivity index (χ4n) is 1.72. The molecule has 6 heteroatoms. The van der Waals surface area contributed by atoms with E-state index in [2.05, 4.69) is 10.6 Å². The predicted octanol–water partition coefficient (Wildman–Crippen LogP) is 2.35. The molecular weight excluding hydrogens is 296 g/mol. The van der Waals surface area contributed by atoms with Gasteiger partial charge in [-0.3, -0.25) is 9.59 Å². The Balaban J connectivity index is 2.50. The number of anilines is 1. The molecule has 0 atom stereocenters. The third-order valence-electron chi connectivity index (χ3n) is 2.98. The summed E-state index contributed by atoms with van der Waals surface area (Å²) in [7, 11) is 0. The van der Waals surface area contributed by atoms with E-state index in [4.69, 9.17) is 4.74 Å². The molecule has 0 aromatic heterocycles. The van der Waals surface area contributed by atoms with E-state index >= 15 is 0 Å². The van der Waals surface area contributed by atoms with Crippen LogP contribution in [0.25, 0.3) is 0 Å². The van der Waals surface area contributed by atoms with Gasteiger partial charge in [-0.05, 0) is 25.1 Å². The van der Waals surface area contributed by atoms with E-state index in [0.29, 0.717) is 17.9 Å². The minimum absolute atomic E-state index is 0.102. The smallest absolute Gasteiger partial charge is 0.338 e. The highest BCUT2D eigenvalue weighted by Crippen LogP contribution is 2.13. The van der Waals surface area contributed by atoms with Gasteiger partial charge in [0, 0.05) is 24.1 Å². The number of rotatable bonds is 6. The van der Waals surface area contributed by atoms with Crippen molar-refractivity contribution in [3.05, 3.63) is 29.8 Å². The molecule has 23 heavy (non-hydrogen) atoms. The van der Waals surface area contributed by atoms with Gasteiger partial charge in [0.15, 0.2) is 0 Å². The zero-order valence-electron chi connectivity index (χ0n) is 14.1. The quantitative estimate of drug-likeness (QED) is 0.788. The van der Waals surface area contributed by atoms with E-state index in [1.807, 2.05) is 20.8 Å². The number of hydrogen-bond donors (Lipinski definition) is 2. The van der Waals surface area contributed by atoms with E-state index in [-0.39, 0.29) is 24.8 Å². The van der Waals surface area contributed by atoms with Gasteiger partial charge >= 0.3 is 5.97 Å². The lowest BCUT2D eigenvalue weighted by molar-refractivity contribution is -0.128. The zero-order chi connectivity index (χ0) is 17.5. The molecule has 1 rings (SSSR count). The summed E-state index contributed by atoms with van der Waals surface area (Å²) >= 11 is 0. The summed E-state index contributed by atoms with van der Waals surface area (Å²) < 4.78 is 4.91. The van der Waals surface area contributed by atoms with Crippen LogP contribution in [0.2, 0.25) is 0 Å². The van der Waals surface area contributed by atoms with Crippen molar-refractivity contribution in [3.8, 4) is 0 Å². The second kappa shape index (κ2) is 8.31. The number of benzene rings is 1. The normalized spacial score (nSPS) is 10.8. The van der Waals surface area contributed by atoms with Gasteiger partial charge in [-0.15, -0.1) is 0 Å². The maximum atomic E-state index is 11.9. The lowest BCUT2D eigenvalue weighted by Gasteiger charge is -2.17. The fourth-order valence-corrected chi connectivity index (χ4v) is 1.72. The molecule has 2 amide bonds. The van der Waals surface area contributed by atoms with Crippen molar-refractivity contribution in [2.24, 2.45) is 5.41 Å². The van der Waals surface area contributed by atoms with Gasteiger partial charge in [0.1, 0.15) is 0 Å². The highest BCUT2D eigenvalue weighted by atomic mass is 16.5. The van der Waals surface area contributed by atoms with E-state index < -0.39 is 11.4 Å². The lowest BCUT2D eigenvalue weighted by Crippen LogP contribution is -2.36. The lowest BCUT2D eigenvalue weighted by atomic mass is 9.96. The molecule has 0 saturated heterocycles. The number of carbonyl (C=O) groups is 3. The zero-order valence-corrected chi connectivity index (χ0v) is 14.1. The minimum Gasteiger partial charge on any atom is -0.462 e. The summed E-state index contributed by atoms with van der Waals surface area (Å²) in [5, 5.41) is 5.41. The summed E-state index contributed by atoms with van der Waals surface area (Å²) in [6.45, 7) is 7.72. The molecule has 126 valence electrons. The van der Waals surface area contributed by atoms with Crippen molar-refractivity contribution in [3.63, 3.8) is 0 Å². The van der Waals surface area contributed by atoms with Crippen LogP contribution in [-0.4, -0.2) is 30.9 Å². The second-order valence-electron chi connectivity index (χ2n) is 6.11. The summed E-state index contributed by atoms with van der Waals surface area (Å²) in [4.78, 5) is 35.2. The molecule has 0 spiro atoms. The predicted molar refractivity (Wildman–Crippen MR) is 88.1 cm³/mol. The Morgan fingerprint density at radius 2 is 1.87 bits per heavy atom. The largest absolute Gasteiger partial charge is 0.462 e. The monoisotopic (exact) mass is 320 g/mol. The first-order chi connectivity index (χ1) is 10.7. The molecule has 0 bridgehead atoms. The first kappa shape index (κ1) is 18.7. The number of esters is 1. The van der Waals surface area contributed by atoms with Crippen LogP contribution in [0.5, 0.6) is 0 Å². The number of amides is 2. The van der Waals surface area contributed by atoms with E-state index in [0.717, 1.165) is 0 Å². The third-order valence-corrected chi connectivity index (χ3v) is 2.98. The van der Waals surface area contributed by atoms with E-state index in [1.165, 1.54) is 0 Å². The third kappa shape index (κ3) is 6.50. The molecule has 2 N–H and O–H groups in total. The van der Waals surface area contributed by atoms with Gasteiger partial charge in [0.25, 0.3) is 0 Å². The molecule has 1 aromatic carbocycles. The van der Waals surface area contributed by atoms with Crippen molar-refractivity contribution in [1.82, 2.24) is 5.32 Å². The van der Waals surface area contributed by atoms with Crippen LogP contribution in [0.4, 0.5) is 5.69 Å². The SMILES string of the molecule is CCOC(=O)c1cccc(NC(=O)CCNC(=O)C(C)(C)C)c1. The van der Waals surface area contributed by atoms with Gasteiger partial charge in [0.05, 0.1) is 12.2 Å². The molecule has 1 aromatic rings. The average Bonchev–Trinajstić information content (AvgIpc) is 2.46. The standard InChI is InChI=1S/C17H24N2O4/c1-5-23-15(21)12-7-6-8-13(11-12)19-14(20)9-10-18-16(22)17(2,3)4/h6-8,11H,5,9-10H2,1-4H3,(H,18,22)(H,19,20). The van der Waals surface area contributed by atoms with Crippen molar-refractivity contribution in [2.45, 2.75) is 34.1 Å². The van der Waals surface area contributed by atoms with Gasteiger partial charge in [0.2, 0.25) is 11.8 Å². The molecule has 0 aliphatic heterocycles. The Bertz CT molecular complexity index is 576. The van der Waals surface area contributed by atoms with Crippen molar-refractivity contribution in [1.29, 1.82) is 0 Å². The summed E-state index contributed by atoms with van der Waals surface area (Å²) in [5.74, 6) is -0.768. The Kier molecular flexibility index (Phi) is 6.75. The van der Waals surface area contributed by atoms with Crippen LogP contribution < -0.4 is 10.6 Å². The van der Waals surface area contributed by atoms with Crippen LogP contribution in [0.1, 0.15) is 44.5 Å². The van der Waals surface area contributed by atoms with Crippen LogP contribution >= 0.6 is 0 Å². The number of hydrogen-bond acceptors (Lipinski definition) is 4. The van der Waals surface area contributed by atoms with Crippen LogP contribution in [0.15, 0.2) is 24.3 Å². The minimum atomic E-state index is -0.482. The van der Waals surface area contributed by atoms with Crippen LogP contribution in [0.3, 0.4) is 0 Å².